The van der Waals surface area contributed by atoms with E-state index in [4.69, 9.17) is 5.73 Å². The monoisotopic (exact) mass is 230 g/mol. The Morgan fingerprint density at radius 1 is 1.53 bits per heavy atom. The van der Waals surface area contributed by atoms with Crippen LogP contribution in [0, 0.1) is 0 Å². The number of aromatic amines is 1. The van der Waals surface area contributed by atoms with Crippen molar-refractivity contribution in [1.82, 2.24) is 14.9 Å². The number of benzene rings is 1. The van der Waals surface area contributed by atoms with Crippen LogP contribution >= 0.6 is 0 Å². The van der Waals surface area contributed by atoms with E-state index in [0.717, 1.165) is 29.1 Å². The molecule has 1 aliphatic heterocycles. The Kier molecular flexibility index (Phi) is 2.52. The van der Waals surface area contributed by atoms with Gasteiger partial charge in [0.2, 0.25) is 0 Å². The lowest BCUT2D eigenvalue weighted by atomic mass is 10.2. The van der Waals surface area contributed by atoms with Gasteiger partial charge in [0, 0.05) is 11.7 Å². The molecule has 1 aromatic carbocycles. The van der Waals surface area contributed by atoms with Gasteiger partial charge in [0.15, 0.2) is 0 Å². The van der Waals surface area contributed by atoms with Crippen LogP contribution in [0.5, 0.6) is 0 Å². The summed E-state index contributed by atoms with van der Waals surface area (Å²) in [6.07, 6.45) is 2.60. The number of nitrogens with two attached hydrogens (primary N) is 1. The molecule has 0 amide bonds. The molecule has 1 aliphatic rings. The SMILES string of the molecule is C[C@H]1CCCN1Cc1nc2cc(N)ccc2[nH]1. The fourth-order valence-electron chi connectivity index (χ4n) is 2.57. The summed E-state index contributed by atoms with van der Waals surface area (Å²) in [5.41, 5.74) is 8.56. The first-order valence-electron chi connectivity index (χ1n) is 6.20. The Morgan fingerprint density at radius 2 is 2.41 bits per heavy atom. The number of nitrogen functional groups attached to an aromatic ring is 1. The van der Waals surface area contributed by atoms with Crippen LogP contribution < -0.4 is 5.73 Å². The molecule has 1 saturated heterocycles. The van der Waals surface area contributed by atoms with Gasteiger partial charge >= 0.3 is 0 Å². The number of H-pyrrole nitrogens is 1. The van der Waals surface area contributed by atoms with Crippen molar-refractivity contribution in [2.45, 2.75) is 32.4 Å². The minimum absolute atomic E-state index is 0.674. The van der Waals surface area contributed by atoms with Crippen LogP contribution in [0.3, 0.4) is 0 Å². The zero-order valence-electron chi connectivity index (χ0n) is 10.1. The number of hydrogen-bond donors (Lipinski definition) is 2. The molecule has 0 aliphatic carbocycles. The maximum Gasteiger partial charge on any atom is 0.121 e. The van der Waals surface area contributed by atoms with Gasteiger partial charge in [0.05, 0.1) is 17.6 Å². The molecule has 0 bridgehead atoms. The lowest BCUT2D eigenvalue weighted by Gasteiger charge is -2.19. The Morgan fingerprint density at radius 3 is 3.18 bits per heavy atom. The predicted molar refractivity (Wildman–Crippen MR) is 69.6 cm³/mol. The normalized spacial score (nSPS) is 21.4. The molecule has 17 heavy (non-hydrogen) atoms. The fraction of sp³-hybridized carbons (Fsp3) is 0.462. The van der Waals surface area contributed by atoms with Crippen molar-refractivity contribution in [2.24, 2.45) is 0 Å². The quantitative estimate of drug-likeness (QED) is 0.777. The highest BCUT2D eigenvalue weighted by Gasteiger charge is 2.21. The van der Waals surface area contributed by atoms with Crippen LogP contribution in [0.2, 0.25) is 0 Å². The molecule has 2 aromatic rings. The Balaban J connectivity index is 1.85. The van der Waals surface area contributed by atoms with Gasteiger partial charge in [0.1, 0.15) is 5.82 Å². The molecule has 2 heterocycles. The van der Waals surface area contributed by atoms with Crippen molar-refractivity contribution in [3.63, 3.8) is 0 Å². The van der Waals surface area contributed by atoms with Crippen LogP contribution in [0.4, 0.5) is 5.69 Å². The first-order valence-corrected chi connectivity index (χ1v) is 6.20. The Bertz CT molecular complexity index is 531. The molecular formula is C13H18N4. The number of nitrogens with zero attached hydrogens (tertiary/aromatic N) is 2. The number of hydrogen-bond acceptors (Lipinski definition) is 3. The maximum absolute atomic E-state index is 5.75. The molecule has 3 N–H and O–H groups in total. The summed E-state index contributed by atoms with van der Waals surface area (Å²) in [5.74, 6) is 1.04. The van der Waals surface area contributed by atoms with E-state index < -0.39 is 0 Å². The highest BCUT2D eigenvalue weighted by Crippen LogP contribution is 2.20. The zero-order chi connectivity index (χ0) is 11.8. The molecule has 4 heteroatoms. The minimum atomic E-state index is 0.674. The lowest BCUT2D eigenvalue weighted by Crippen LogP contribution is -2.26. The number of imidazole rings is 1. The van der Waals surface area contributed by atoms with Crippen LogP contribution in [-0.2, 0) is 6.54 Å². The molecule has 0 unspecified atom stereocenters. The van der Waals surface area contributed by atoms with Gasteiger partial charge in [-0.05, 0) is 44.5 Å². The smallest absolute Gasteiger partial charge is 0.121 e. The topological polar surface area (TPSA) is 57.9 Å². The van der Waals surface area contributed by atoms with E-state index in [9.17, 15) is 0 Å². The molecule has 1 fully saturated rings. The number of fused-ring (bicyclic) bond motifs is 1. The van der Waals surface area contributed by atoms with E-state index in [0.29, 0.717) is 6.04 Å². The van der Waals surface area contributed by atoms with Gasteiger partial charge in [-0.15, -0.1) is 0 Å². The number of aromatic nitrogens is 2. The third kappa shape index (κ3) is 2.00. The van der Waals surface area contributed by atoms with Crippen molar-refractivity contribution in [3.8, 4) is 0 Å². The highest BCUT2D eigenvalue weighted by atomic mass is 15.2. The number of anilines is 1. The van der Waals surface area contributed by atoms with E-state index in [-0.39, 0.29) is 0 Å². The van der Waals surface area contributed by atoms with Gasteiger partial charge in [-0.2, -0.15) is 0 Å². The largest absolute Gasteiger partial charge is 0.399 e. The number of nitrogens with one attached hydrogen (secondary N) is 1. The van der Waals surface area contributed by atoms with Crippen molar-refractivity contribution < 1.29 is 0 Å². The van der Waals surface area contributed by atoms with Gasteiger partial charge in [-0.25, -0.2) is 4.98 Å². The second-order valence-corrected chi connectivity index (χ2v) is 4.92. The average molecular weight is 230 g/mol. The van der Waals surface area contributed by atoms with E-state index in [1.807, 2.05) is 18.2 Å². The summed E-state index contributed by atoms with van der Waals surface area (Å²) >= 11 is 0. The fourth-order valence-corrected chi connectivity index (χ4v) is 2.57. The zero-order valence-corrected chi connectivity index (χ0v) is 10.1. The molecule has 3 rings (SSSR count). The van der Waals surface area contributed by atoms with Gasteiger partial charge in [-0.3, -0.25) is 4.90 Å². The predicted octanol–water partition coefficient (Wildman–Crippen LogP) is 2.13. The molecule has 1 aromatic heterocycles. The summed E-state index contributed by atoms with van der Waals surface area (Å²) in [5, 5.41) is 0. The van der Waals surface area contributed by atoms with Crippen molar-refractivity contribution in [1.29, 1.82) is 0 Å². The summed E-state index contributed by atoms with van der Waals surface area (Å²) < 4.78 is 0. The summed E-state index contributed by atoms with van der Waals surface area (Å²) in [6, 6.07) is 6.49. The molecular weight excluding hydrogens is 212 g/mol. The van der Waals surface area contributed by atoms with Crippen LogP contribution in [0.1, 0.15) is 25.6 Å². The summed E-state index contributed by atoms with van der Waals surface area (Å²) in [6.45, 7) is 4.38. The standard InChI is InChI=1S/C13H18N4/c1-9-3-2-6-17(9)8-13-15-11-5-4-10(14)7-12(11)16-13/h4-5,7,9H,2-3,6,8,14H2,1H3,(H,15,16)/t9-/m0/s1. The molecule has 1 atom stereocenters. The average Bonchev–Trinajstić information content (AvgIpc) is 2.85. The van der Waals surface area contributed by atoms with E-state index in [1.54, 1.807) is 0 Å². The first kappa shape index (κ1) is 10.6. The molecule has 0 spiro atoms. The van der Waals surface area contributed by atoms with Crippen molar-refractivity contribution >= 4 is 16.7 Å². The van der Waals surface area contributed by atoms with Crippen LogP contribution in [0.25, 0.3) is 11.0 Å². The second kappa shape index (κ2) is 4.04. The number of likely N-dealkylation sites (tertiary alicyclic amines) is 1. The van der Waals surface area contributed by atoms with Crippen molar-refractivity contribution in [2.75, 3.05) is 12.3 Å². The molecule has 0 radical (unpaired) electrons. The summed E-state index contributed by atoms with van der Waals surface area (Å²) in [4.78, 5) is 10.4. The van der Waals surface area contributed by atoms with Crippen LogP contribution in [-0.4, -0.2) is 27.5 Å². The van der Waals surface area contributed by atoms with E-state index >= 15 is 0 Å². The molecule has 4 nitrogen and oxygen atoms in total. The van der Waals surface area contributed by atoms with E-state index in [1.165, 1.54) is 19.4 Å². The number of rotatable bonds is 2. The summed E-state index contributed by atoms with van der Waals surface area (Å²) in [7, 11) is 0. The van der Waals surface area contributed by atoms with Gasteiger partial charge in [-0.1, -0.05) is 0 Å². The van der Waals surface area contributed by atoms with Gasteiger partial charge < -0.3 is 10.7 Å². The molecule has 90 valence electrons. The molecule has 0 saturated carbocycles. The Labute approximate surface area is 101 Å². The Hall–Kier alpha value is -1.55. The highest BCUT2D eigenvalue weighted by molar-refractivity contribution is 5.78. The van der Waals surface area contributed by atoms with Crippen LogP contribution in [0.15, 0.2) is 18.2 Å². The van der Waals surface area contributed by atoms with Gasteiger partial charge in [0.25, 0.3) is 0 Å². The second-order valence-electron chi connectivity index (χ2n) is 4.92. The third-order valence-corrected chi connectivity index (χ3v) is 3.60. The lowest BCUT2D eigenvalue weighted by molar-refractivity contribution is 0.255. The first-order chi connectivity index (χ1) is 8.22. The van der Waals surface area contributed by atoms with Crippen molar-refractivity contribution in [3.05, 3.63) is 24.0 Å². The third-order valence-electron chi connectivity index (χ3n) is 3.60. The maximum atomic E-state index is 5.75. The van der Waals surface area contributed by atoms with E-state index in [2.05, 4.69) is 21.8 Å². The minimum Gasteiger partial charge on any atom is -0.399 e.